The smallest absolute Gasteiger partial charge is 0.150 e. The molecular weight excluding hydrogens is 407 g/mol. The number of carbonyl (C=O) groups is 1. The first-order valence-electron chi connectivity index (χ1n) is 5.31. The van der Waals surface area contributed by atoms with E-state index in [1.54, 1.807) is 6.07 Å². The van der Waals surface area contributed by atoms with Gasteiger partial charge in [0.05, 0.1) is 3.57 Å². The lowest BCUT2D eigenvalue weighted by Gasteiger charge is -2.08. The van der Waals surface area contributed by atoms with Gasteiger partial charge in [-0.15, -0.1) is 0 Å². The Morgan fingerprint density at radius 1 is 1.17 bits per heavy atom. The monoisotopic (exact) mass is 416 g/mol. The van der Waals surface area contributed by atoms with Crippen molar-refractivity contribution < 1.29 is 9.53 Å². The van der Waals surface area contributed by atoms with E-state index in [1.165, 1.54) is 0 Å². The third-order valence-electron chi connectivity index (χ3n) is 2.40. The van der Waals surface area contributed by atoms with Gasteiger partial charge in [-0.05, 0) is 58.5 Å². The molecule has 0 unspecified atom stereocenters. The van der Waals surface area contributed by atoms with Crippen molar-refractivity contribution in [3.8, 4) is 5.75 Å². The molecule has 2 aromatic carbocycles. The molecule has 92 valence electrons. The van der Waals surface area contributed by atoms with E-state index >= 15 is 0 Å². The van der Waals surface area contributed by atoms with E-state index in [0.29, 0.717) is 12.2 Å². The molecule has 0 amide bonds. The van der Waals surface area contributed by atoms with Crippen molar-refractivity contribution in [3.05, 3.63) is 61.6 Å². The van der Waals surface area contributed by atoms with Crippen LogP contribution in [0.25, 0.3) is 0 Å². The van der Waals surface area contributed by atoms with Gasteiger partial charge in [0.15, 0.2) is 0 Å². The molecule has 0 radical (unpaired) electrons. The van der Waals surface area contributed by atoms with Crippen molar-refractivity contribution >= 4 is 44.8 Å². The highest BCUT2D eigenvalue weighted by molar-refractivity contribution is 14.1. The fourth-order valence-corrected chi connectivity index (χ4v) is 2.41. The van der Waals surface area contributed by atoms with E-state index < -0.39 is 0 Å². The van der Waals surface area contributed by atoms with E-state index in [1.807, 2.05) is 36.4 Å². The second kappa shape index (κ2) is 6.33. The zero-order valence-electron chi connectivity index (χ0n) is 9.40. The number of hydrogen-bond acceptors (Lipinski definition) is 2. The minimum atomic E-state index is 0.518. The second-order valence-corrected chi connectivity index (χ2v) is 5.80. The van der Waals surface area contributed by atoms with Crippen molar-refractivity contribution in [2.75, 3.05) is 0 Å². The van der Waals surface area contributed by atoms with E-state index in [4.69, 9.17) is 4.74 Å². The Morgan fingerprint density at radius 2 is 1.89 bits per heavy atom. The first kappa shape index (κ1) is 13.5. The zero-order chi connectivity index (χ0) is 13.0. The Hall–Kier alpha value is -0.880. The Labute approximate surface area is 128 Å². The predicted octanol–water partition coefficient (Wildman–Crippen LogP) is 4.45. The van der Waals surface area contributed by atoms with Crippen molar-refractivity contribution in [3.63, 3.8) is 0 Å². The van der Waals surface area contributed by atoms with Gasteiger partial charge >= 0.3 is 0 Å². The molecule has 0 heterocycles. The summed E-state index contributed by atoms with van der Waals surface area (Å²) in [7, 11) is 0. The van der Waals surface area contributed by atoms with E-state index in [9.17, 15) is 4.79 Å². The van der Waals surface area contributed by atoms with Gasteiger partial charge in [0.2, 0.25) is 0 Å². The quantitative estimate of drug-likeness (QED) is 0.543. The molecule has 0 N–H and O–H groups in total. The Bertz CT molecular complexity index is 552. The lowest BCUT2D eigenvalue weighted by atomic mass is 10.2. The van der Waals surface area contributed by atoms with Gasteiger partial charge in [-0.25, -0.2) is 0 Å². The Morgan fingerprint density at radius 3 is 2.50 bits per heavy atom. The van der Waals surface area contributed by atoms with Crippen LogP contribution < -0.4 is 4.74 Å². The minimum Gasteiger partial charge on any atom is -0.488 e. The summed E-state index contributed by atoms with van der Waals surface area (Å²) in [6.07, 6.45) is 0.834. The van der Waals surface area contributed by atoms with Crippen molar-refractivity contribution in [2.45, 2.75) is 6.61 Å². The molecule has 0 bridgehead atoms. The van der Waals surface area contributed by atoms with Crippen LogP contribution in [0.15, 0.2) is 46.9 Å². The predicted molar refractivity (Wildman–Crippen MR) is 83.0 cm³/mol. The molecule has 0 aliphatic carbocycles. The first-order chi connectivity index (χ1) is 8.69. The molecule has 18 heavy (non-hydrogen) atoms. The third-order valence-corrected chi connectivity index (χ3v) is 3.77. The average Bonchev–Trinajstić information content (AvgIpc) is 2.39. The second-order valence-electron chi connectivity index (χ2n) is 3.72. The largest absolute Gasteiger partial charge is 0.488 e. The van der Waals surface area contributed by atoms with Gasteiger partial charge in [0, 0.05) is 10.0 Å². The van der Waals surface area contributed by atoms with Crippen LogP contribution in [0.2, 0.25) is 0 Å². The zero-order valence-corrected chi connectivity index (χ0v) is 13.1. The minimum absolute atomic E-state index is 0.518. The van der Waals surface area contributed by atoms with E-state index in [-0.39, 0.29) is 0 Å². The molecule has 0 aromatic heterocycles. The number of benzene rings is 2. The summed E-state index contributed by atoms with van der Waals surface area (Å²) in [5.41, 5.74) is 1.77. The molecule has 0 spiro atoms. The highest BCUT2D eigenvalue weighted by atomic mass is 127. The molecule has 4 heteroatoms. The molecule has 2 aromatic rings. The van der Waals surface area contributed by atoms with Crippen molar-refractivity contribution in [1.29, 1.82) is 0 Å². The summed E-state index contributed by atoms with van der Waals surface area (Å²) < 4.78 is 7.71. The maximum absolute atomic E-state index is 10.6. The molecule has 2 nitrogen and oxygen atoms in total. The van der Waals surface area contributed by atoms with Crippen LogP contribution in [0.5, 0.6) is 5.75 Å². The van der Waals surface area contributed by atoms with Crippen LogP contribution in [0.1, 0.15) is 15.9 Å². The van der Waals surface area contributed by atoms with Crippen molar-refractivity contribution in [2.24, 2.45) is 0 Å². The van der Waals surface area contributed by atoms with Crippen molar-refractivity contribution in [1.82, 2.24) is 0 Å². The van der Waals surface area contributed by atoms with Gasteiger partial charge < -0.3 is 4.74 Å². The normalized spacial score (nSPS) is 10.1. The summed E-state index contributed by atoms with van der Waals surface area (Å²) in [5, 5.41) is 0. The van der Waals surface area contributed by atoms with Gasteiger partial charge in [0.25, 0.3) is 0 Å². The highest BCUT2D eigenvalue weighted by Crippen LogP contribution is 2.22. The molecule has 0 saturated carbocycles. The van der Waals surface area contributed by atoms with Crippen LogP contribution in [-0.2, 0) is 6.61 Å². The summed E-state index contributed by atoms with van der Waals surface area (Å²) in [6, 6.07) is 13.4. The van der Waals surface area contributed by atoms with Crippen LogP contribution in [0, 0.1) is 3.57 Å². The number of ether oxygens (including phenoxy) is 1. The number of rotatable bonds is 4. The summed E-state index contributed by atoms with van der Waals surface area (Å²) in [6.45, 7) is 0.518. The van der Waals surface area contributed by atoms with Crippen LogP contribution in [0.3, 0.4) is 0 Å². The number of carbonyl (C=O) groups excluding carboxylic acids is 1. The number of halogens is 2. The summed E-state index contributed by atoms with van der Waals surface area (Å²) in [4.78, 5) is 10.6. The molecular formula is C14H10BrIO2. The molecule has 0 atom stereocenters. The maximum atomic E-state index is 10.6. The lowest BCUT2D eigenvalue weighted by molar-refractivity contribution is 0.112. The molecule has 2 rings (SSSR count). The molecule has 0 fully saturated rings. The van der Waals surface area contributed by atoms with Crippen LogP contribution in [0.4, 0.5) is 0 Å². The first-order valence-corrected chi connectivity index (χ1v) is 7.18. The van der Waals surface area contributed by atoms with Gasteiger partial charge in [-0.1, -0.05) is 28.1 Å². The average molecular weight is 417 g/mol. The molecule has 0 aliphatic heterocycles. The summed E-state index contributed by atoms with van der Waals surface area (Å²) >= 11 is 5.56. The lowest BCUT2D eigenvalue weighted by Crippen LogP contribution is -1.97. The Balaban J connectivity index is 2.06. The van der Waals surface area contributed by atoms with Crippen LogP contribution in [-0.4, -0.2) is 6.29 Å². The summed E-state index contributed by atoms with van der Waals surface area (Å²) in [5.74, 6) is 0.795. The van der Waals surface area contributed by atoms with Gasteiger partial charge in [-0.3, -0.25) is 4.79 Å². The van der Waals surface area contributed by atoms with E-state index in [0.717, 1.165) is 25.6 Å². The fraction of sp³-hybridized carbons (Fsp3) is 0.0714. The fourth-order valence-electron chi connectivity index (χ4n) is 1.45. The number of hydrogen-bond donors (Lipinski definition) is 0. The maximum Gasteiger partial charge on any atom is 0.150 e. The molecule has 0 saturated heterocycles. The van der Waals surface area contributed by atoms with Gasteiger partial charge in [-0.2, -0.15) is 0 Å². The third kappa shape index (κ3) is 3.55. The van der Waals surface area contributed by atoms with Gasteiger partial charge in [0.1, 0.15) is 18.6 Å². The van der Waals surface area contributed by atoms with E-state index in [2.05, 4.69) is 38.5 Å². The number of aldehydes is 1. The van der Waals surface area contributed by atoms with Crippen LogP contribution >= 0.6 is 38.5 Å². The highest BCUT2D eigenvalue weighted by Gasteiger charge is 2.02. The Kier molecular flexibility index (Phi) is 4.77. The topological polar surface area (TPSA) is 26.3 Å². The standard InChI is InChI=1S/C14H10BrIO2/c15-12-4-1-10(2-5-12)9-18-14-6-3-11(8-17)7-13(14)16/h1-8H,9H2. The SMILES string of the molecule is O=Cc1ccc(OCc2ccc(Br)cc2)c(I)c1. The molecule has 0 aliphatic rings.